The van der Waals surface area contributed by atoms with Crippen LogP contribution < -0.4 is 19.6 Å². The van der Waals surface area contributed by atoms with Gasteiger partial charge < -0.3 is 9.47 Å². The normalized spacial score (nSPS) is 11.9. The SMILES string of the molecule is COc1ccc(-c2nc3sc(=Cc4ccc(Cl)c(Cl)c4)c(=O)n3n2)cc1OC. The quantitative estimate of drug-likeness (QED) is 0.490. The van der Waals surface area contributed by atoms with E-state index in [1.54, 1.807) is 50.6 Å². The lowest BCUT2D eigenvalue weighted by molar-refractivity contribution is 0.355. The van der Waals surface area contributed by atoms with Gasteiger partial charge in [0, 0.05) is 5.56 Å². The first-order chi connectivity index (χ1) is 13.5. The molecule has 4 rings (SSSR count). The maximum absolute atomic E-state index is 12.7. The summed E-state index contributed by atoms with van der Waals surface area (Å²) in [4.78, 5) is 17.7. The number of aromatic nitrogens is 3. The van der Waals surface area contributed by atoms with Gasteiger partial charge in [0.25, 0.3) is 5.56 Å². The summed E-state index contributed by atoms with van der Waals surface area (Å²) in [5.41, 5.74) is 1.25. The van der Waals surface area contributed by atoms with Crippen molar-refractivity contribution in [2.45, 2.75) is 0 Å². The Labute approximate surface area is 173 Å². The zero-order chi connectivity index (χ0) is 19.8. The Morgan fingerprint density at radius 1 is 1.04 bits per heavy atom. The third kappa shape index (κ3) is 3.32. The smallest absolute Gasteiger partial charge is 0.291 e. The van der Waals surface area contributed by atoms with Gasteiger partial charge in [0.15, 0.2) is 17.3 Å². The van der Waals surface area contributed by atoms with Crippen molar-refractivity contribution in [3.05, 3.63) is 66.9 Å². The van der Waals surface area contributed by atoms with Crippen LogP contribution in [0.15, 0.2) is 41.2 Å². The zero-order valence-corrected chi connectivity index (χ0v) is 17.1. The molecule has 28 heavy (non-hydrogen) atoms. The summed E-state index contributed by atoms with van der Waals surface area (Å²) in [7, 11) is 3.12. The Hall–Kier alpha value is -2.61. The van der Waals surface area contributed by atoms with Gasteiger partial charge in [-0.25, -0.2) is 0 Å². The first-order valence-electron chi connectivity index (χ1n) is 8.09. The van der Waals surface area contributed by atoms with Gasteiger partial charge in [-0.1, -0.05) is 40.6 Å². The molecule has 0 unspecified atom stereocenters. The van der Waals surface area contributed by atoms with Gasteiger partial charge in [-0.2, -0.15) is 9.50 Å². The summed E-state index contributed by atoms with van der Waals surface area (Å²) >= 11 is 13.2. The summed E-state index contributed by atoms with van der Waals surface area (Å²) in [5, 5.41) is 5.24. The monoisotopic (exact) mass is 433 g/mol. The third-order valence-electron chi connectivity index (χ3n) is 4.07. The molecule has 0 atom stereocenters. The van der Waals surface area contributed by atoms with Crippen molar-refractivity contribution < 1.29 is 9.47 Å². The lowest BCUT2D eigenvalue weighted by Gasteiger charge is -2.07. The molecule has 4 aromatic rings. The molecule has 0 spiro atoms. The molecule has 9 heteroatoms. The average molecular weight is 434 g/mol. The number of rotatable bonds is 4. The Morgan fingerprint density at radius 2 is 1.82 bits per heavy atom. The first kappa shape index (κ1) is 18.7. The highest BCUT2D eigenvalue weighted by molar-refractivity contribution is 7.15. The lowest BCUT2D eigenvalue weighted by atomic mass is 10.2. The predicted octanol–water partition coefficient (Wildman–Crippen LogP) is 3.69. The van der Waals surface area contributed by atoms with Gasteiger partial charge in [0.05, 0.1) is 28.8 Å². The number of ether oxygens (including phenoxy) is 2. The van der Waals surface area contributed by atoms with E-state index in [9.17, 15) is 4.79 Å². The summed E-state index contributed by atoms with van der Waals surface area (Å²) in [5.74, 6) is 1.61. The van der Waals surface area contributed by atoms with Gasteiger partial charge in [-0.15, -0.1) is 5.10 Å². The number of benzene rings is 2. The Balaban J connectivity index is 1.77. The first-order valence-corrected chi connectivity index (χ1v) is 9.66. The van der Waals surface area contributed by atoms with Crippen LogP contribution in [0.25, 0.3) is 22.4 Å². The molecule has 0 bridgehead atoms. The fraction of sp³-hybridized carbons (Fsp3) is 0.105. The molecule has 0 saturated heterocycles. The van der Waals surface area contributed by atoms with Crippen LogP contribution in [0.2, 0.25) is 10.0 Å². The van der Waals surface area contributed by atoms with E-state index >= 15 is 0 Å². The van der Waals surface area contributed by atoms with Crippen LogP contribution in [0.5, 0.6) is 11.5 Å². The van der Waals surface area contributed by atoms with E-state index in [1.165, 1.54) is 15.9 Å². The van der Waals surface area contributed by atoms with Crippen molar-refractivity contribution in [2.75, 3.05) is 14.2 Å². The number of halogens is 2. The maximum Gasteiger partial charge on any atom is 0.291 e. The number of fused-ring (bicyclic) bond motifs is 1. The number of hydrogen-bond donors (Lipinski definition) is 0. The van der Waals surface area contributed by atoms with Gasteiger partial charge in [0.1, 0.15) is 0 Å². The molecule has 2 aromatic heterocycles. The summed E-state index contributed by atoms with van der Waals surface area (Å²) in [6, 6.07) is 10.5. The topological polar surface area (TPSA) is 65.7 Å². The summed E-state index contributed by atoms with van der Waals surface area (Å²) in [6.07, 6.45) is 1.74. The minimum atomic E-state index is -0.245. The largest absolute Gasteiger partial charge is 0.493 e. The van der Waals surface area contributed by atoms with Gasteiger partial charge >= 0.3 is 0 Å². The predicted molar refractivity (Wildman–Crippen MR) is 111 cm³/mol. The Bertz CT molecular complexity index is 1300. The molecule has 0 aliphatic heterocycles. The minimum absolute atomic E-state index is 0.245. The molecule has 0 saturated carbocycles. The molecule has 2 aromatic carbocycles. The van der Waals surface area contributed by atoms with Crippen LogP contribution in [0, 0.1) is 0 Å². The third-order valence-corrected chi connectivity index (χ3v) is 5.76. The van der Waals surface area contributed by atoms with Crippen molar-refractivity contribution in [1.29, 1.82) is 0 Å². The molecular weight excluding hydrogens is 421 g/mol. The van der Waals surface area contributed by atoms with Gasteiger partial charge in [0.2, 0.25) is 4.96 Å². The molecular formula is C19H13Cl2N3O3S. The van der Waals surface area contributed by atoms with Crippen molar-refractivity contribution in [3.8, 4) is 22.9 Å². The molecule has 0 aliphatic carbocycles. The van der Waals surface area contributed by atoms with E-state index < -0.39 is 0 Å². The van der Waals surface area contributed by atoms with Crippen molar-refractivity contribution in [1.82, 2.24) is 14.6 Å². The van der Waals surface area contributed by atoms with Gasteiger partial charge in [-0.3, -0.25) is 4.79 Å². The van der Waals surface area contributed by atoms with E-state index in [-0.39, 0.29) is 5.56 Å². The van der Waals surface area contributed by atoms with Crippen LogP contribution in [-0.4, -0.2) is 28.8 Å². The highest BCUT2D eigenvalue weighted by atomic mass is 35.5. The second kappa shape index (κ2) is 7.43. The van der Waals surface area contributed by atoms with Crippen LogP contribution in [0.1, 0.15) is 5.56 Å². The lowest BCUT2D eigenvalue weighted by Crippen LogP contribution is -2.23. The van der Waals surface area contributed by atoms with E-state index in [0.717, 1.165) is 11.1 Å². The van der Waals surface area contributed by atoms with Crippen LogP contribution >= 0.6 is 34.5 Å². The zero-order valence-electron chi connectivity index (χ0n) is 14.8. The molecule has 2 heterocycles. The van der Waals surface area contributed by atoms with E-state index in [0.29, 0.717) is 36.9 Å². The second-order valence-corrected chi connectivity index (χ2v) is 7.61. The van der Waals surface area contributed by atoms with Crippen LogP contribution in [-0.2, 0) is 0 Å². The molecule has 0 N–H and O–H groups in total. The van der Waals surface area contributed by atoms with Crippen molar-refractivity contribution in [2.24, 2.45) is 0 Å². The number of nitrogens with zero attached hydrogens (tertiary/aromatic N) is 3. The maximum atomic E-state index is 12.7. The molecule has 0 radical (unpaired) electrons. The minimum Gasteiger partial charge on any atom is -0.493 e. The van der Waals surface area contributed by atoms with Crippen molar-refractivity contribution >= 4 is 45.6 Å². The molecule has 0 fully saturated rings. The number of thiazole rings is 1. The van der Waals surface area contributed by atoms with Gasteiger partial charge in [-0.05, 0) is 42.0 Å². The molecule has 0 aliphatic rings. The molecule has 142 valence electrons. The highest BCUT2D eigenvalue weighted by Gasteiger charge is 2.14. The number of hydrogen-bond acceptors (Lipinski definition) is 6. The summed E-state index contributed by atoms with van der Waals surface area (Å²) in [6.45, 7) is 0. The molecule has 6 nitrogen and oxygen atoms in total. The number of methoxy groups -OCH3 is 2. The van der Waals surface area contributed by atoms with Crippen molar-refractivity contribution in [3.63, 3.8) is 0 Å². The van der Waals surface area contributed by atoms with Crippen LogP contribution in [0.3, 0.4) is 0 Å². The van der Waals surface area contributed by atoms with E-state index in [4.69, 9.17) is 32.7 Å². The highest BCUT2D eigenvalue weighted by Crippen LogP contribution is 2.31. The fourth-order valence-corrected chi connectivity index (χ4v) is 3.90. The fourth-order valence-electron chi connectivity index (χ4n) is 2.68. The summed E-state index contributed by atoms with van der Waals surface area (Å²) < 4.78 is 12.3. The standard InChI is InChI=1S/C19H13Cl2N3O3S/c1-26-14-6-4-11(9-15(14)27-2)17-22-19-24(23-17)18(25)16(28-19)8-10-3-5-12(20)13(21)7-10/h3-9H,1-2H3. The average Bonchev–Trinajstić information content (AvgIpc) is 3.24. The Morgan fingerprint density at radius 3 is 2.50 bits per heavy atom. The Kier molecular flexibility index (Phi) is 4.97. The second-order valence-electron chi connectivity index (χ2n) is 5.79. The van der Waals surface area contributed by atoms with E-state index in [2.05, 4.69) is 10.1 Å². The van der Waals surface area contributed by atoms with Crippen LogP contribution in [0.4, 0.5) is 0 Å². The van der Waals surface area contributed by atoms with E-state index in [1.807, 2.05) is 6.07 Å². The molecule has 0 amide bonds.